The fourth-order valence-electron chi connectivity index (χ4n) is 4.81. The number of rotatable bonds is 5. The summed E-state index contributed by atoms with van der Waals surface area (Å²) in [6, 6.07) is 12.1. The Morgan fingerprint density at radius 3 is 2.66 bits per heavy atom. The molecule has 1 aromatic carbocycles. The molecule has 154 valence electrons. The lowest BCUT2D eigenvalue weighted by molar-refractivity contribution is -0.135. The predicted molar refractivity (Wildman–Crippen MR) is 115 cm³/mol. The third-order valence-corrected chi connectivity index (χ3v) is 6.89. The molecule has 0 radical (unpaired) electrons. The fourth-order valence-corrected chi connectivity index (χ4v) is 4.94. The van der Waals surface area contributed by atoms with Gasteiger partial charge in [-0.05, 0) is 60.9 Å². The van der Waals surface area contributed by atoms with Crippen LogP contribution in [0.15, 0.2) is 36.4 Å². The van der Waals surface area contributed by atoms with Crippen molar-refractivity contribution in [3.63, 3.8) is 0 Å². The van der Waals surface area contributed by atoms with Gasteiger partial charge in [-0.2, -0.15) is 0 Å². The Balaban J connectivity index is 1.31. The highest BCUT2D eigenvalue weighted by Gasteiger charge is 2.42. The van der Waals surface area contributed by atoms with Gasteiger partial charge in [-0.1, -0.05) is 23.7 Å². The summed E-state index contributed by atoms with van der Waals surface area (Å²) in [5.74, 6) is 1.38. The molecule has 2 fully saturated rings. The van der Waals surface area contributed by atoms with Crippen LogP contribution in [0.1, 0.15) is 31.4 Å². The number of nitrogens with zero attached hydrogens (tertiary/aromatic N) is 2. The molecule has 2 aliphatic rings. The molecule has 2 amide bonds. The Hall–Kier alpha value is -2.27. The van der Waals surface area contributed by atoms with Crippen molar-refractivity contribution in [3.8, 4) is 11.3 Å². The third kappa shape index (κ3) is 4.35. The molecule has 5 nitrogen and oxygen atoms in total. The van der Waals surface area contributed by atoms with Gasteiger partial charge in [0.2, 0.25) is 11.8 Å². The van der Waals surface area contributed by atoms with E-state index in [9.17, 15) is 9.59 Å². The van der Waals surface area contributed by atoms with Crippen LogP contribution >= 0.6 is 11.6 Å². The minimum atomic E-state index is 0.177. The number of nitrogens with one attached hydrogen (secondary N) is 1. The molecule has 1 saturated carbocycles. The maximum Gasteiger partial charge on any atom is 0.222 e. The van der Waals surface area contributed by atoms with E-state index in [0.29, 0.717) is 31.1 Å². The number of aromatic amines is 1. The van der Waals surface area contributed by atoms with Crippen molar-refractivity contribution in [2.75, 3.05) is 20.6 Å². The van der Waals surface area contributed by atoms with Crippen molar-refractivity contribution in [2.45, 2.75) is 38.1 Å². The Kier molecular flexibility index (Phi) is 5.68. The lowest BCUT2D eigenvalue weighted by atomic mass is 9.88. The average molecular weight is 414 g/mol. The number of H-pyrrole nitrogens is 1. The van der Waals surface area contributed by atoms with Crippen molar-refractivity contribution in [2.24, 2.45) is 11.8 Å². The van der Waals surface area contributed by atoms with Gasteiger partial charge in [0.1, 0.15) is 0 Å². The zero-order valence-electron chi connectivity index (χ0n) is 17.0. The van der Waals surface area contributed by atoms with Crippen LogP contribution in [-0.4, -0.2) is 53.3 Å². The van der Waals surface area contributed by atoms with Crippen molar-refractivity contribution in [3.05, 3.63) is 47.1 Å². The van der Waals surface area contributed by atoms with Gasteiger partial charge in [-0.15, -0.1) is 0 Å². The second kappa shape index (κ2) is 8.23. The molecule has 1 aliphatic carbocycles. The Morgan fingerprint density at radius 2 is 1.90 bits per heavy atom. The van der Waals surface area contributed by atoms with Crippen LogP contribution in [0.2, 0.25) is 5.02 Å². The van der Waals surface area contributed by atoms with Crippen LogP contribution in [-0.2, 0) is 16.0 Å². The molecule has 3 atom stereocenters. The van der Waals surface area contributed by atoms with Crippen LogP contribution in [0, 0.1) is 11.8 Å². The third-order valence-electron chi connectivity index (χ3n) is 6.64. The van der Waals surface area contributed by atoms with Crippen molar-refractivity contribution >= 4 is 23.4 Å². The highest BCUT2D eigenvalue weighted by atomic mass is 35.5. The molecule has 1 N–H and O–H groups in total. The number of carbonyl (C=O) groups excluding carboxylic acids is 2. The summed E-state index contributed by atoms with van der Waals surface area (Å²) in [5.41, 5.74) is 3.17. The van der Waals surface area contributed by atoms with Crippen LogP contribution in [0.3, 0.4) is 0 Å². The van der Waals surface area contributed by atoms with E-state index in [0.717, 1.165) is 41.4 Å². The molecule has 29 heavy (non-hydrogen) atoms. The molecule has 2 heterocycles. The summed E-state index contributed by atoms with van der Waals surface area (Å²) < 4.78 is 0. The standard InChI is InChI=1S/C23H28ClN3O2/c1-26-14-17-12-20(11-16(17)13-23(26)29)27(2)22(28)10-8-19-7-9-21(25-19)15-3-5-18(24)6-4-15/h3-7,9,16-17,20,25H,8,10-14H2,1-2H3/t16-,17+,20-/m1/s1. The number of piperidine rings is 1. The number of fused-ring (bicyclic) bond motifs is 1. The highest BCUT2D eigenvalue weighted by Crippen LogP contribution is 2.40. The monoisotopic (exact) mass is 413 g/mol. The Bertz CT molecular complexity index is 892. The van der Waals surface area contributed by atoms with E-state index >= 15 is 0 Å². The molecular weight excluding hydrogens is 386 g/mol. The Labute approximate surface area is 177 Å². The number of aromatic nitrogens is 1. The predicted octanol–water partition coefficient (Wildman–Crippen LogP) is 3.98. The van der Waals surface area contributed by atoms with E-state index < -0.39 is 0 Å². The van der Waals surface area contributed by atoms with E-state index in [4.69, 9.17) is 11.6 Å². The molecule has 1 saturated heterocycles. The minimum Gasteiger partial charge on any atom is -0.358 e. The van der Waals surface area contributed by atoms with Crippen LogP contribution < -0.4 is 0 Å². The zero-order valence-corrected chi connectivity index (χ0v) is 17.8. The highest BCUT2D eigenvalue weighted by molar-refractivity contribution is 6.30. The molecule has 0 bridgehead atoms. The SMILES string of the molecule is CN1C[C@@H]2C[C@H](N(C)C(=O)CCc3ccc(-c4ccc(Cl)cc4)[nH]3)C[C@@H]2CC1=O. The van der Waals surface area contributed by atoms with E-state index in [1.165, 1.54) is 0 Å². The molecule has 0 unspecified atom stereocenters. The number of likely N-dealkylation sites (tertiary alicyclic amines) is 1. The second-order valence-corrected chi connectivity index (χ2v) is 8.97. The smallest absolute Gasteiger partial charge is 0.222 e. The van der Waals surface area contributed by atoms with E-state index in [1.807, 2.05) is 60.3 Å². The van der Waals surface area contributed by atoms with Crippen LogP contribution in [0.4, 0.5) is 0 Å². The van der Waals surface area contributed by atoms with E-state index in [2.05, 4.69) is 4.98 Å². The number of amides is 2. The first kappa shape index (κ1) is 20.0. The van der Waals surface area contributed by atoms with Gasteiger partial charge in [0.05, 0.1) is 0 Å². The lowest BCUT2D eigenvalue weighted by Crippen LogP contribution is -2.39. The second-order valence-electron chi connectivity index (χ2n) is 8.53. The molecular formula is C23H28ClN3O2. The van der Waals surface area contributed by atoms with Gasteiger partial charge >= 0.3 is 0 Å². The largest absolute Gasteiger partial charge is 0.358 e. The quantitative estimate of drug-likeness (QED) is 0.805. The maximum atomic E-state index is 12.8. The normalized spacial score (nSPS) is 23.9. The number of aryl methyl sites for hydroxylation is 1. The minimum absolute atomic E-state index is 0.177. The van der Waals surface area contributed by atoms with Gasteiger partial charge in [0.25, 0.3) is 0 Å². The summed E-state index contributed by atoms with van der Waals surface area (Å²) >= 11 is 5.96. The van der Waals surface area contributed by atoms with Crippen molar-refractivity contribution < 1.29 is 9.59 Å². The lowest BCUT2D eigenvalue weighted by Gasteiger charge is -2.31. The van der Waals surface area contributed by atoms with Gasteiger partial charge in [0.15, 0.2) is 0 Å². The topological polar surface area (TPSA) is 56.4 Å². The number of hydrogen-bond acceptors (Lipinski definition) is 2. The van der Waals surface area contributed by atoms with Crippen molar-refractivity contribution in [1.29, 1.82) is 0 Å². The first-order chi connectivity index (χ1) is 13.9. The summed E-state index contributed by atoms with van der Waals surface area (Å²) in [5, 5.41) is 0.719. The number of benzene rings is 1. The van der Waals surface area contributed by atoms with E-state index in [1.54, 1.807) is 0 Å². The van der Waals surface area contributed by atoms with Gasteiger partial charge in [0, 0.05) is 55.9 Å². The van der Waals surface area contributed by atoms with Gasteiger partial charge in [-0.25, -0.2) is 0 Å². The van der Waals surface area contributed by atoms with Crippen LogP contribution in [0.5, 0.6) is 0 Å². The average Bonchev–Trinajstić information content (AvgIpc) is 3.33. The van der Waals surface area contributed by atoms with E-state index in [-0.39, 0.29) is 17.9 Å². The fraction of sp³-hybridized carbons (Fsp3) is 0.478. The summed E-state index contributed by atoms with van der Waals surface area (Å²) in [4.78, 5) is 31.9. The molecule has 6 heteroatoms. The van der Waals surface area contributed by atoms with Gasteiger partial charge < -0.3 is 14.8 Å². The molecule has 4 rings (SSSR count). The first-order valence-electron chi connectivity index (χ1n) is 10.3. The molecule has 1 aromatic heterocycles. The molecule has 2 aromatic rings. The number of hydrogen-bond donors (Lipinski definition) is 1. The summed E-state index contributed by atoms with van der Waals surface area (Å²) in [6.45, 7) is 0.831. The summed E-state index contributed by atoms with van der Waals surface area (Å²) in [6.07, 6.45) is 3.78. The zero-order chi connectivity index (χ0) is 20.5. The van der Waals surface area contributed by atoms with Crippen molar-refractivity contribution in [1.82, 2.24) is 14.8 Å². The summed E-state index contributed by atoms with van der Waals surface area (Å²) in [7, 11) is 3.80. The number of halogens is 1. The molecule has 1 aliphatic heterocycles. The number of carbonyl (C=O) groups is 2. The maximum absolute atomic E-state index is 12.8. The first-order valence-corrected chi connectivity index (χ1v) is 10.7. The van der Waals surface area contributed by atoms with Crippen LogP contribution in [0.25, 0.3) is 11.3 Å². The van der Waals surface area contributed by atoms with Gasteiger partial charge in [-0.3, -0.25) is 9.59 Å². The Morgan fingerprint density at radius 1 is 1.17 bits per heavy atom. The molecule has 0 spiro atoms.